The Morgan fingerprint density at radius 1 is 1.21 bits per heavy atom. The van der Waals surface area contributed by atoms with Crippen molar-refractivity contribution in [1.29, 1.82) is 0 Å². The number of likely N-dealkylation sites (tertiary alicyclic amines) is 1. The van der Waals surface area contributed by atoms with Gasteiger partial charge in [-0.15, -0.1) is 0 Å². The lowest BCUT2D eigenvalue weighted by atomic mass is 9.97. The Balaban J connectivity index is 1.84. The van der Waals surface area contributed by atoms with E-state index in [4.69, 9.17) is 0 Å². The fourth-order valence-corrected chi connectivity index (χ4v) is 3.72. The molecule has 1 aliphatic heterocycles. The van der Waals surface area contributed by atoms with E-state index in [0.717, 1.165) is 29.2 Å². The van der Waals surface area contributed by atoms with Gasteiger partial charge in [-0.2, -0.15) is 13.1 Å². The molecular formula is C17H21N3O3S. The van der Waals surface area contributed by atoms with Crippen molar-refractivity contribution < 1.29 is 13.2 Å². The molecule has 7 heteroatoms. The van der Waals surface area contributed by atoms with E-state index in [-0.39, 0.29) is 18.5 Å². The minimum Gasteiger partial charge on any atom is -0.334 e. The molecule has 0 unspecified atom stereocenters. The van der Waals surface area contributed by atoms with E-state index < -0.39 is 10.2 Å². The fraction of sp³-hybridized carbons (Fsp3) is 0.353. The molecule has 128 valence electrons. The highest BCUT2D eigenvalue weighted by Gasteiger charge is 2.31. The molecule has 0 bridgehead atoms. The lowest BCUT2D eigenvalue weighted by Crippen LogP contribution is -2.43. The lowest BCUT2D eigenvalue weighted by molar-refractivity contribution is -0.130. The summed E-state index contributed by atoms with van der Waals surface area (Å²) in [5.41, 5.74) is 1.12. The zero-order chi connectivity index (χ0) is 17.2. The number of fused-ring (bicyclic) bond motifs is 1. The summed E-state index contributed by atoms with van der Waals surface area (Å²) in [6, 6.07) is 14.2. The summed E-state index contributed by atoms with van der Waals surface area (Å²) in [5, 5.41) is 2.28. The summed E-state index contributed by atoms with van der Waals surface area (Å²) in [5.74, 6) is -0.204. The minimum absolute atomic E-state index is 0.0114. The average molecular weight is 347 g/mol. The molecule has 1 atom stereocenters. The molecule has 0 radical (unpaired) electrons. The highest BCUT2D eigenvalue weighted by atomic mass is 32.2. The SMILES string of the molecule is CNS(=O)(=O)NCC(=O)N1CCC[C@H]1c1cccc2ccccc12. The van der Waals surface area contributed by atoms with Gasteiger partial charge >= 0.3 is 0 Å². The van der Waals surface area contributed by atoms with Gasteiger partial charge in [-0.25, -0.2) is 4.72 Å². The van der Waals surface area contributed by atoms with Gasteiger partial charge < -0.3 is 4.90 Å². The van der Waals surface area contributed by atoms with Crippen molar-refractivity contribution in [3.63, 3.8) is 0 Å². The highest BCUT2D eigenvalue weighted by Crippen LogP contribution is 2.35. The van der Waals surface area contributed by atoms with Gasteiger partial charge in [0.2, 0.25) is 5.91 Å². The summed E-state index contributed by atoms with van der Waals surface area (Å²) in [7, 11) is -2.30. The van der Waals surface area contributed by atoms with Gasteiger partial charge in [0, 0.05) is 13.6 Å². The molecule has 6 nitrogen and oxygen atoms in total. The maximum Gasteiger partial charge on any atom is 0.277 e. The van der Waals surface area contributed by atoms with Crippen LogP contribution in [-0.2, 0) is 15.0 Å². The average Bonchev–Trinajstić information content (AvgIpc) is 3.09. The first kappa shape index (κ1) is 16.9. The lowest BCUT2D eigenvalue weighted by Gasteiger charge is -2.26. The summed E-state index contributed by atoms with van der Waals surface area (Å²) in [4.78, 5) is 14.3. The number of amides is 1. The molecule has 2 N–H and O–H groups in total. The van der Waals surface area contributed by atoms with Gasteiger partial charge in [0.05, 0.1) is 12.6 Å². The number of carbonyl (C=O) groups excluding carboxylic acids is 1. The summed E-state index contributed by atoms with van der Waals surface area (Å²) in [6.45, 7) is 0.415. The van der Waals surface area contributed by atoms with E-state index in [1.807, 2.05) is 18.2 Å². The Morgan fingerprint density at radius 3 is 2.75 bits per heavy atom. The second-order valence-electron chi connectivity index (χ2n) is 5.84. The summed E-state index contributed by atoms with van der Waals surface area (Å²) < 4.78 is 27.3. The van der Waals surface area contributed by atoms with E-state index in [0.29, 0.717) is 6.54 Å². The van der Waals surface area contributed by atoms with Crippen LogP contribution in [-0.4, -0.2) is 39.4 Å². The van der Waals surface area contributed by atoms with Crippen molar-refractivity contribution in [2.24, 2.45) is 0 Å². The van der Waals surface area contributed by atoms with E-state index in [1.54, 1.807) is 4.90 Å². The van der Waals surface area contributed by atoms with Crippen molar-refractivity contribution in [3.05, 3.63) is 48.0 Å². The Morgan fingerprint density at radius 2 is 1.96 bits per heavy atom. The van der Waals surface area contributed by atoms with Crippen LogP contribution in [0, 0.1) is 0 Å². The quantitative estimate of drug-likeness (QED) is 0.861. The van der Waals surface area contributed by atoms with Crippen molar-refractivity contribution >= 4 is 26.9 Å². The molecule has 1 aliphatic rings. The van der Waals surface area contributed by atoms with E-state index >= 15 is 0 Å². The second-order valence-corrected chi connectivity index (χ2v) is 7.55. The van der Waals surface area contributed by atoms with Gasteiger partial charge in [0.25, 0.3) is 10.2 Å². The molecule has 0 aromatic heterocycles. The van der Waals surface area contributed by atoms with Crippen LogP contribution < -0.4 is 9.44 Å². The third kappa shape index (κ3) is 3.43. The number of hydrogen-bond donors (Lipinski definition) is 2. The first-order valence-electron chi connectivity index (χ1n) is 7.97. The Kier molecular flexibility index (Phi) is 4.84. The Hall–Kier alpha value is -1.96. The second kappa shape index (κ2) is 6.88. The Bertz CT molecular complexity index is 846. The number of benzene rings is 2. The van der Waals surface area contributed by atoms with E-state index in [9.17, 15) is 13.2 Å². The van der Waals surface area contributed by atoms with Crippen molar-refractivity contribution in [3.8, 4) is 0 Å². The maximum atomic E-state index is 12.5. The van der Waals surface area contributed by atoms with Crippen LogP contribution in [0.3, 0.4) is 0 Å². The Labute approximate surface area is 142 Å². The molecule has 1 heterocycles. The summed E-state index contributed by atoms with van der Waals surface area (Å²) in [6.07, 6.45) is 1.80. The van der Waals surface area contributed by atoms with Crippen molar-refractivity contribution in [1.82, 2.24) is 14.3 Å². The number of hydrogen-bond acceptors (Lipinski definition) is 3. The van der Waals surface area contributed by atoms with Crippen molar-refractivity contribution in [2.75, 3.05) is 20.1 Å². The van der Waals surface area contributed by atoms with Crippen molar-refractivity contribution in [2.45, 2.75) is 18.9 Å². The molecule has 2 aromatic rings. The molecule has 0 saturated carbocycles. The highest BCUT2D eigenvalue weighted by molar-refractivity contribution is 7.87. The van der Waals surface area contributed by atoms with Crippen LogP contribution in [0.2, 0.25) is 0 Å². The maximum absolute atomic E-state index is 12.5. The molecule has 24 heavy (non-hydrogen) atoms. The first-order valence-corrected chi connectivity index (χ1v) is 9.45. The third-order valence-electron chi connectivity index (χ3n) is 4.44. The standard InChI is InChI=1S/C17H21N3O3S/c1-18-24(22,23)19-12-17(21)20-11-5-10-16(20)15-9-4-7-13-6-2-3-8-14(13)15/h2-4,6-9,16,18-19H,5,10-12H2,1H3/t16-/m0/s1. The van der Waals surface area contributed by atoms with Crippen LogP contribution in [0.5, 0.6) is 0 Å². The molecule has 1 fully saturated rings. The molecular weight excluding hydrogens is 326 g/mol. The molecule has 3 rings (SSSR count). The fourth-order valence-electron chi connectivity index (χ4n) is 3.26. The molecule has 1 amide bonds. The zero-order valence-electron chi connectivity index (χ0n) is 13.5. The number of carbonyl (C=O) groups is 1. The molecule has 0 spiro atoms. The van der Waals surface area contributed by atoms with E-state index in [2.05, 4.69) is 33.7 Å². The molecule has 0 aliphatic carbocycles. The normalized spacial score (nSPS) is 18.2. The predicted octanol–water partition coefficient (Wildman–Crippen LogP) is 1.56. The minimum atomic E-state index is -3.61. The van der Waals surface area contributed by atoms with Gasteiger partial charge in [-0.1, -0.05) is 42.5 Å². The van der Waals surface area contributed by atoms with Crippen LogP contribution in [0.4, 0.5) is 0 Å². The van der Waals surface area contributed by atoms with E-state index in [1.165, 1.54) is 7.05 Å². The monoisotopic (exact) mass is 347 g/mol. The van der Waals surface area contributed by atoms with Gasteiger partial charge in [-0.3, -0.25) is 4.79 Å². The number of nitrogens with zero attached hydrogens (tertiary/aromatic N) is 1. The largest absolute Gasteiger partial charge is 0.334 e. The summed E-state index contributed by atoms with van der Waals surface area (Å²) >= 11 is 0. The van der Waals surface area contributed by atoms with Crippen LogP contribution >= 0.6 is 0 Å². The molecule has 2 aromatic carbocycles. The third-order valence-corrected chi connectivity index (χ3v) is 5.50. The van der Waals surface area contributed by atoms with Crippen LogP contribution in [0.1, 0.15) is 24.4 Å². The van der Waals surface area contributed by atoms with Gasteiger partial charge in [0.15, 0.2) is 0 Å². The van der Waals surface area contributed by atoms with Crippen LogP contribution in [0.15, 0.2) is 42.5 Å². The topological polar surface area (TPSA) is 78.5 Å². The predicted molar refractivity (Wildman–Crippen MR) is 93.6 cm³/mol. The van der Waals surface area contributed by atoms with Gasteiger partial charge in [-0.05, 0) is 29.2 Å². The van der Waals surface area contributed by atoms with Crippen LogP contribution in [0.25, 0.3) is 10.8 Å². The van der Waals surface area contributed by atoms with Gasteiger partial charge in [0.1, 0.15) is 0 Å². The zero-order valence-corrected chi connectivity index (χ0v) is 14.3. The number of rotatable bonds is 5. The first-order chi connectivity index (χ1) is 11.5. The smallest absolute Gasteiger partial charge is 0.277 e. The number of nitrogens with one attached hydrogen (secondary N) is 2. The molecule has 1 saturated heterocycles.